The normalized spacial score (nSPS) is 18.2. The van der Waals surface area contributed by atoms with Crippen LogP contribution in [0.3, 0.4) is 0 Å². The van der Waals surface area contributed by atoms with Crippen molar-refractivity contribution in [2.24, 2.45) is 0 Å². The molecule has 3 aromatic heterocycles. The van der Waals surface area contributed by atoms with Crippen molar-refractivity contribution in [1.82, 2.24) is 29.0 Å². The fraction of sp³-hybridized carbons (Fsp3) is 0.412. The first kappa shape index (κ1) is 14.9. The van der Waals surface area contributed by atoms with Crippen LogP contribution in [0.1, 0.15) is 40.9 Å². The van der Waals surface area contributed by atoms with Crippen LogP contribution in [0.2, 0.25) is 0 Å². The Kier molecular flexibility index (Phi) is 3.55. The molecule has 3 aromatic rings. The zero-order valence-electron chi connectivity index (χ0n) is 13.9. The van der Waals surface area contributed by atoms with Crippen LogP contribution >= 0.6 is 0 Å². The van der Waals surface area contributed by atoms with Gasteiger partial charge in [-0.1, -0.05) is 0 Å². The summed E-state index contributed by atoms with van der Waals surface area (Å²) in [7, 11) is 0. The Morgan fingerprint density at radius 1 is 1.29 bits per heavy atom. The summed E-state index contributed by atoms with van der Waals surface area (Å²) in [5.74, 6) is 1.75. The van der Waals surface area contributed by atoms with Gasteiger partial charge in [0, 0.05) is 31.7 Å². The summed E-state index contributed by atoms with van der Waals surface area (Å²) >= 11 is 0. The summed E-state index contributed by atoms with van der Waals surface area (Å²) in [6.07, 6.45) is 7.43. The molecule has 7 nitrogen and oxygen atoms in total. The molecule has 1 unspecified atom stereocenters. The van der Waals surface area contributed by atoms with Crippen LogP contribution < -0.4 is 0 Å². The molecular formula is C17H20N6O. The lowest BCUT2D eigenvalue weighted by molar-refractivity contribution is 0.0670. The molecule has 1 aliphatic heterocycles. The van der Waals surface area contributed by atoms with Gasteiger partial charge in [0.05, 0.1) is 11.6 Å². The molecule has 1 amide bonds. The third-order valence-corrected chi connectivity index (χ3v) is 4.57. The maximum atomic E-state index is 12.9. The first-order valence-corrected chi connectivity index (χ1v) is 8.23. The second kappa shape index (κ2) is 5.74. The number of fused-ring (bicyclic) bond motifs is 1. The Bertz CT molecular complexity index is 896. The highest BCUT2D eigenvalue weighted by molar-refractivity contribution is 5.94. The molecule has 1 atom stereocenters. The third-order valence-electron chi connectivity index (χ3n) is 4.57. The van der Waals surface area contributed by atoms with Crippen molar-refractivity contribution in [1.29, 1.82) is 0 Å². The van der Waals surface area contributed by atoms with Crippen LogP contribution in [0.25, 0.3) is 5.65 Å². The number of likely N-dealkylation sites (tertiary alicyclic amines) is 1. The SMILES string of the molecule is Cc1nc(C)n(C2CCCN(C(=O)c3ccc4nccn4c3)C2)n1. The van der Waals surface area contributed by atoms with Gasteiger partial charge in [0.1, 0.15) is 17.3 Å². The fourth-order valence-electron chi connectivity index (χ4n) is 3.45. The number of aromatic nitrogens is 5. The van der Waals surface area contributed by atoms with Crippen molar-refractivity contribution < 1.29 is 4.79 Å². The molecule has 0 saturated carbocycles. The maximum Gasteiger partial charge on any atom is 0.255 e. The van der Waals surface area contributed by atoms with Gasteiger partial charge in [-0.05, 0) is 38.8 Å². The van der Waals surface area contributed by atoms with E-state index in [1.807, 2.05) is 52.4 Å². The minimum atomic E-state index is 0.0600. The van der Waals surface area contributed by atoms with E-state index in [9.17, 15) is 4.79 Å². The second-order valence-corrected chi connectivity index (χ2v) is 6.31. The number of pyridine rings is 1. The van der Waals surface area contributed by atoms with Gasteiger partial charge in [-0.3, -0.25) is 4.79 Å². The van der Waals surface area contributed by atoms with Gasteiger partial charge < -0.3 is 9.30 Å². The minimum Gasteiger partial charge on any atom is -0.336 e. The van der Waals surface area contributed by atoms with Crippen LogP contribution in [0, 0.1) is 13.8 Å². The first-order chi connectivity index (χ1) is 11.6. The number of piperidine rings is 1. The predicted octanol–water partition coefficient (Wildman–Crippen LogP) is 2.02. The van der Waals surface area contributed by atoms with Crippen LogP contribution in [-0.4, -0.2) is 48.0 Å². The molecule has 0 N–H and O–H groups in total. The van der Waals surface area contributed by atoms with E-state index in [1.165, 1.54) is 0 Å². The molecule has 4 heterocycles. The number of carbonyl (C=O) groups excluding carboxylic acids is 1. The van der Waals surface area contributed by atoms with Crippen molar-refractivity contribution >= 4 is 11.6 Å². The molecule has 0 aliphatic carbocycles. The summed E-state index contributed by atoms with van der Waals surface area (Å²) in [5.41, 5.74) is 1.53. The number of imidazole rings is 1. The van der Waals surface area contributed by atoms with Crippen molar-refractivity contribution in [2.75, 3.05) is 13.1 Å². The number of hydrogen-bond acceptors (Lipinski definition) is 4. The van der Waals surface area contributed by atoms with Crippen LogP contribution in [-0.2, 0) is 0 Å². The molecular weight excluding hydrogens is 304 g/mol. The van der Waals surface area contributed by atoms with Crippen molar-refractivity contribution in [3.63, 3.8) is 0 Å². The molecule has 1 fully saturated rings. The monoisotopic (exact) mass is 324 g/mol. The van der Waals surface area contributed by atoms with E-state index < -0.39 is 0 Å². The minimum absolute atomic E-state index is 0.0600. The summed E-state index contributed by atoms with van der Waals surface area (Å²) in [6, 6.07) is 3.92. The summed E-state index contributed by atoms with van der Waals surface area (Å²) in [5, 5.41) is 4.49. The Balaban J connectivity index is 1.56. The molecule has 0 radical (unpaired) electrons. The molecule has 24 heavy (non-hydrogen) atoms. The Morgan fingerprint density at radius 2 is 2.17 bits per heavy atom. The van der Waals surface area contributed by atoms with Crippen LogP contribution in [0.5, 0.6) is 0 Å². The highest BCUT2D eigenvalue weighted by Gasteiger charge is 2.27. The zero-order chi connectivity index (χ0) is 16.7. The lowest BCUT2D eigenvalue weighted by Gasteiger charge is -2.33. The Labute approximate surface area is 139 Å². The second-order valence-electron chi connectivity index (χ2n) is 6.31. The van der Waals surface area contributed by atoms with Crippen LogP contribution in [0.15, 0.2) is 30.7 Å². The fourth-order valence-corrected chi connectivity index (χ4v) is 3.45. The van der Waals surface area contributed by atoms with Gasteiger partial charge in [-0.2, -0.15) is 5.10 Å². The van der Waals surface area contributed by atoms with E-state index in [2.05, 4.69) is 15.1 Å². The van der Waals surface area contributed by atoms with Crippen molar-refractivity contribution in [3.05, 3.63) is 47.9 Å². The highest BCUT2D eigenvalue weighted by atomic mass is 16.2. The molecule has 124 valence electrons. The quantitative estimate of drug-likeness (QED) is 0.723. The van der Waals surface area contributed by atoms with Crippen LogP contribution in [0.4, 0.5) is 0 Å². The van der Waals surface area contributed by atoms with E-state index in [-0.39, 0.29) is 11.9 Å². The lowest BCUT2D eigenvalue weighted by Crippen LogP contribution is -2.41. The number of carbonyl (C=O) groups is 1. The summed E-state index contributed by atoms with van der Waals surface area (Å²) in [4.78, 5) is 23.4. The summed E-state index contributed by atoms with van der Waals surface area (Å²) in [6.45, 7) is 5.32. The number of aryl methyl sites for hydroxylation is 2. The Morgan fingerprint density at radius 3 is 2.96 bits per heavy atom. The molecule has 1 saturated heterocycles. The standard InChI is InChI=1S/C17H20N6O/c1-12-19-13(2)23(20-12)15-4-3-8-22(11-15)17(24)14-5-6-16-18-7-9-21(16)10-14/h5-7,9-10,15H,3-4,8,11H2,1-2H3. The molecule has 0 bridgehead atoms. The number of amides is 1. The maximum absolute atomic E-state index is 12.9. The number of nitrogens with zero attached hydrogens (tertiary/aromatic N) is 6. The topological polar surface area (TPSA) is 68.3 Å². The average molecular weight is 324 g/mol. The van der Waals surface area contributed by atoms with Gasteiger partial charge >= 0.3 is 0 Å². The van der Waals surface area contributed by atoms with Crippen molar-refractivity contribution in [2.45, 2.75) is 32.7 Å². The van der Waals surface area contributed by atoms with Gasteiger partial charge in [-0.25, -0.2) is 14.6 Å². The highest BCUT2D eigenvalue weighted by Crippen LogP contribution is 2.23. The molecule has 1 aliphatic rings. The van der Waals surface area contributed by atoms with Gasteiger partial charge in [0.2, 0.25) is 0 Å². The summed E-state index contributed by atoms with van der Waals surface area (Å²) < 4.78 is 3.84. The molecule has 4 rings (SSSR count). The number of rotatable bonds is 2. The number of hydrogen-bond donors (Lipinski definition) is 0. The largest absolute Gasteiger partial charge is 0.336 e. The van der Waals surface area contributed by atoms with Gasteiger partial charge in [-0.15, -0.1) is 0 Å². The average Bonchev–Trinajstić information content (AvgIpc) is 3.19. The van der Waals surface area contributed by atoms with Gasteiger partial charge in [0.25, 0.3) is 5.91 Å². The van der Waals surface area contributed by atoms with E-state index >= 15 is 0 Å². The lowest BCUT2D eigenvalue weighted by atomic mass is 10.0. The molecule has 0 aromatic carbocycles. The Hall–Kier alpha value is -2.70. The van der Waals surface area contributed by atoms with E-state index in [0.29, 0.717) is 12.1 Å². The predicted molar refractivity (Wildman–Crippen MR) is 88.9 cm³/mol. The third kappa shape index (κ3) is 2.55. The van der Waals surface area contributed by atoms with E-state index in [0.717, 1.165) is 36.7 Å². The zero-order valence-corrected chi connectivity index (χ0v) is 13.9. The first-order valence-electron chi connectivity index (χ1n) is 8.23. The van der Waals surface area contributed by atoms with Crippen molar-refractivity contribution in [3.8, 4) is 0 Å². The molecule has 0 spiro atoms. The van der Waals surface area contributed by atoms with E-state index in [1.54, 1.807) is 6.20 Å². The smallest absolute Gasteiger partial charge is 0.255 e. The molecule has 7 heteroatoms. The van der Waals surface area contributed by atoms with Gasteiger partial charge in [0.15, 0.2) is 0 Å². The van der Waals surface area contributed by atoms with E-state index in [4.69, 9.17) is 0 Å².